The standard InChI is InChI=1S/C14H28O.Zr/c1-2-3-4-5-6-7-8-9-10-11-12-13-14-15;/h14H,2-13H2,1H3;. The van der Waals surface area contributed by atoms with Gasteiger partial charge in [-0.2, -0.15) is 0 Å². The fourth-order valence-electron chi connectivity index (χ4n) is 1.89. The van der Waals surface area contributed by atoms with Crippen molar-refractivity contribution in [1.82, 2.24) is 0 Å². The Bertz CT molecular complexity index is 126. The van der Waals surface area contributed by atoms with Crippen molar-refractivity contribution in [2.24, 2.45) is 0 Å². The van der Waals surface area contributed by atoms with Gasteiger partial charge in [0.15, 0.2) is 0 Å². The Hall–Kier alpha value is 0.553. The molecule has 0 N–H and O–H groups in total. The van der Waals surface area contributed by atoms with Gasteiger partial charge in [-0.3, -0.25) is 0 Å². The maximum absolute atomic E-state index is 10.1. The largest absolute Gasteiger partial charge is 0.303 e. The second kappa shape index (κ2) is 17.9. The predicted octanol–water partition coefficient (Wildman–Crippen LogP) is 4.88. The van der Waals surface area contributed by atoms with Crippen molar-refractivity contribution in [2.45, 2.75) is 84.0 Å². The molecule has 0 bridgehead atoms. The van der Waals surface area contributed by atoms with Crippen LogP contribution in [0.25, 0.3) is 0 Å². The van der Waals surface area contributed by atoms with E-state index in [2.05, 4.69) is 6.92 Å². The second-order valence-electron chi connectivity index (χ2n) is 4.49. The van der Waals surface area contributed by atoms with Crippen molar-refractivity contribution in [3.05, 3.63) is 0 Å². The van der Waals surface area contributed by atoms with Gasteiger partial charge >= 0.3 is 0 Å². The summed E-state index contributed by atoms with van der Waals surface area (Å²) in [4.78, 5) is 10.1. The van der Waals surface area contributed by atoms with Gasteiger partial charge in [-0.1, -0.05) is 71.1 Å². The molecule has 0 spiro atoms. The van der Waals surface area contributed by atoms with Crippen LogP contribution in [0, 0.1) is 0 Å². The fraction of sp³-hybridized carbons (Fsp3) is 0.929. The molecule has 0 aliphatic heterocycles. The molecular weight excluding hydrogens is 275 g/mol. The van der Waals surface area contributed by atoms with Crippen LogP contribution in [0.1, 0.15) is 84.0 Å². The van der Waals surface area contributed by atoms with Gasteiger partial charge in [0.2, 0.25) is 0 Å². The van der Waals surface area contributed by atoms with E-state index in [0.717, 1.165) is 19.1 Å². The Morgan fingerprint density at radius 2 is 1.06 bits per heavy atom. The normalized spacial score (nSPS) is 9.81. The van der Waals surface area contributed by atoms with Gasteiger partial charge < -0.3 is 4.79 Å². The third-order valence-electron chi connectivity index (χ3n) is 2.93. The molecule has 94 valence electrons. The van der Waals surface area contributed by atoms with E-state index in [-0.39, 0.29) is 26.2 Å². The smallest absolute Gasteiger partial charge is 0.119 e. The van der Waals surface area contributed by atoms with Crippen LogP contribution < -0.4 is 0 Å². The first-order chi connectivity index (χ1) is 7.41. The summed E-state index contributed by atoms with van der Waals surface area (Å²) in [6.07, 6.45) is 16.7. The van der Waals surface area contributed by atoms with Gasteiger partial charge in [0, 0.05) is 32.6 Å². The average molecular weight is 304 g/mol. The molecule has 0 amide bonds. The maximum atomic E-state index is 10.1. The zero-order valence-electron chi connectivity index (χ0n) is 11.0. The van der Waals surface area contributed by atoms with E-state index in [1.807, 2.05) is 0 Å². The molecule has 2 heteroatoms. The predicted molar refractivity (Wildman–Crippen MR) is 67.1 cm³/mol. The molecule has 0 saturated heterocycles. The maximum Gasteiger partial charge on any atom is 0.119 e. The molecule has 0 fully saturated rings. The van der Waals surface area contributed by atoms with Crippen molar-refractivity contribution in [3.8, 4) is 0 Å². The fourth-order valence-corrected chi connectivity index (χ4v) is 1.89. The molecule has 0 unspecified atom stereocenters. The summed E-state index contributed by atoms with van der Waals surface area (Å²) in [6, 6.07) is 0. The van der Waals surface area contributed by atoms with Crippen molar-refractivity contribution < 1.29 is 31.0 Å². The minimum Gasteiger partial charge on any atom is -0.303 e. The van der Waals surface area contributed by atoms with Crippen LogP contribution in [0.5, 0.6) is 0 Å². The van der Waals surface area contributed by atoms with E-state index in [0.29, 0.717) is 0 Å². The van der Waals surface area contributed by atoms with E-state index in [4.69, 9.17) is 0 Å². The molecule has 16 heavy (non-hydrogen) atoms. The molecule has 0 aromatic rings. The van der Waals surface area contributed by atoms with Crippen LogP contribution >= 0.6 is 0 Å². The average Bonchev–Trinajstić information content (AvgIpc) is 2.26. The SMILES string of the molecule is CCCCCCCCCCCCCC=O.[Zr]. The molecule has 0 saturated carbocycles. The Balaban J connectivity index is 0. The van der Waals surface area contributed by atoms with E-state index < -0.39 is 0 Å². The van der Waals surface area contributed by atoms with Crippen LogP contribution in [0.2, 0.25) is 0 Å². The molecule has 0 atom stereocenters. The number of unbranched alkanes of at least 4 members (excludes halogenated alkanes) is 11. The second-order valence-corrected chi connectivity index (χ2v) is 4.49. The van der Waals surface area contributed by atoms with Gasteiger partial charge in [-0.05, 0) is 6.42 Å². The molecule has 0 aliphatic carbocycles. The van der Waals surface area contributed by atoms with Gasteiger partial charge in [-0.25, -0.2) is 0 Å². The van der Waals surface area contributed by atoms with Gasteiger partial charge in [-0.15, -0.1) is 0 Å². The van der Waals surface area contributed by atoms with Crippen LogP contribution in [-0.4, -0.2) is 6.29 Å². The first kappa shape index (κ1) is 18.9. The summed E-state index contributed by atoms with van der Waals surface area (Å²) < 4.78 is 0. The van der Waals surface area contributed by atoms with Crippen molar-refractivity contribution >= 4 is 6.29 Å². The number of carbonyl (C=O) groups excluding carboxylic acids is 1. The number of aldehydes is 1. The first-order valence-electron chi connectivity index (χ1n) is 6.85. The van der Waals surface area contributed by atoms with E-state index in [1.165, 1.54) is 64.2 Å². The third kappa shape index (κ3) is 17.0. The summed E-state index contributed by atoms with van der Waals surface area (Å²) in [5.41, 5.74) is 0. The van der Waals surface area contributed by atoms with Crippen LogP contribution in [0.3, 0.4) is 0 Å². The number of rotatable bonds is 12. The van der Waals surface area contributed by atoms with E-state index >= 15 is 0 Å². The zero-order chi connectivity index (χ0) is 11.2. The molecule has 1 nitrogen and oxygen atoms in total. The van der Waals surface area contributed by atoms with E-state index in [9.17, 15) is 4.79 Å². The topological polar surface area (TPSA) is 17.1 Å². The summed E-state index contributed by atoms with van der Waals surface area (Å²) in [5.74, 6) is 0. The summed E-state index contributed by atoms with van der Waals surface area (Å²) in [5, 5.41) is 0. The molecule has 0 aromatic heterocycles. The molecule has 0 heterocycles. The first-order valence-corrected chi connectivity index (χ1v) is 6.85. The Kier molecular flexibility index (Phi) is 21.2. The number of hydrogen-bond donors (Lipinski definition) is 0. The van der Waals surface area contributed by atoms with Gasteiger partial charge in [0.05, 0.1) is 0 Å². The number of hydrogen-bond acceptors (Lipinski definition) is 1. The Morgan fingerprint density at radius 1 is 0.688 bits per heavy atom. The third-order valence-corrected chi connectivity index (χ3v) is 2.93. The molecule has 0 aliphatic rings. The van der Waals surface area contributed by atoms with Gasteiger partial charge in [0.1, 0.15) is 6.29 Å². The Labute approximate surface area is 121 Å². The summed E-state index contributed by atoms with van der Waals surface area (Å²) in [6.45, 7) is 2.26. The molecule has 0 radical (unpaired) electrons. The summed E-state index contributed by atoms with van der Waals surface area (Å²) >= 11 is 0. The minimum atomic E-state index is 0. The molecular formula is C14H28OZr. The van der Waals surface area contributed by atoms with E-state index in [1.54, 1.807) is 0 Å². The monoisotopic (exact) mass is 302 g/mol. The number of carbonyl (C=O) groups is 1. The summed E-state index contributed by atoms with van der Waals surface area (Å²) in [7, 11) is 0. The van der Waals surface area contributed by atoms with Crippen molar-refractivity contribution in [2.75, 3.05) is 0 Å². The van der Waals surface area contributed by atoms with Crippen LogP contribution in [-0.2, 0) is 31.0 Å². The van der Waals surface area contributed by atoms with Crippen molar-refractivity contribution in [3.63, 3.8) is 0 Å². The van der Waals surface area contributed by atoms with Gasteiger partial charge in [0.25, 0.3) is 0 Å². The zero-order valence-corrected chi connectivity index (χ0v) is 13.4. The molecule has 0 rings (SSSR count). The van der Waals surface area contributed by atoms with Crippen molar-refractivity contribution in [1.29, 1.82) is 0 Å². The quantitative estimate of drug-likeness (QED) is 0.371. The Morgan fingerprint density at radius 3 is 1.44 bits per heavy atom. The van der Waals surface area contributed by atoms with Crippen LogP contribution in [0.15, 0.2) is 0 Å². The minimum absolute atomic E-state index is 0. The van der Waals surface area contributed by atoms with Crippen LogP contribution in [0.4, 0.5) is 0 Å². The molecule has 0 aromatic carbocycles.